The number of aromatic nitrogens is 1. The van der Waals surface area contributed by atoms with Gasteiger partial charge in [0.05, 0.1) is 17.9 Å². The van der Waals surface area contributed by atoms with Crippen LogP contribution in [-0.2, 0) is 16.4 Å². The lowest BCUT2D eigenvalue weighted by Gasteiger charge is -2.12. The van der Waals surface area contributed by atoms with Crippen molar-refractivity contribution >= 4 is 33.1 Å². The van der Waals surface area contributed by atoms with E-state index in [1.165, 1.54) is 0 Å². The quantitative estimate of drug-likeness (QED) is 0.521. The molecule has 0 aliphatic heterocycles. The van der Waals surface area contributed by atoms with Crippen LogP contribution in [0.3, 0.4) is 0 Å². The smallest absolute Gasteiger partial charge is 0.229 e. The first-order valence-corrected chi connectivity index (χ1v) is 11.0. The maximum Gasteiger partial charge on any atom is 0.229 e. The van der Waals surface area contributed by atoms with Crippen molar-refractivity contribution in [1.29, 1.82) is 0 Å². The summed E-state index contributed by atoms with van der Waals surface area (Å²) in [5.74, 6) is -0.906. The third kappa shape index (κ3) is 5.37. The van der Waals surface area contributed by atoms with Gasteiger partial charge >= 0.3 is 0 Å². The summed E-state index contributed by atoms with van der Waals surface area (Å²) in [4.78, 5) is 4.09. The summed E-state index contributed by atoms with van der Waals surface area (Å²) in [6, 6.07) is 10.3. The van der Waals surface area contributed by atoms with E-state index in [-0.39, 0.29) is 35.2 Å². The highest BCUT2D eigenvalue weighted by Crippen LogP contribution is 2.29. The summed E-state index contributed by atoms with van der Waals surface area (Å²) in [6.07, 6.45) is 2.65. The lowest BCUT2D eigenvalue weighted by molar-refractivity contribution is 0.320. The van der Waals surface area contributed by atoms with Crippen LogP contribution in [-0.4, -0.2) is 26.3 Å². The Morgan fingerprint density at radius 3 is 2.43 bits per heavy atom. The number of sulfonamides is 1. The Labute approximate surface area is 177 Å². The molecular formula is C20H18ClF2N3O3S. The molecule has 0 saturated carbocycles. The Balaban J connectivity index is 1.74. The highest BCUT2D eigenvalue weighted by molar-refractivity contribution is 7.92. The van der Waals surface area contributed by atoms with Crippen LogP contribution in [0.15, 0.2) is 48.7 Å². The molecule has 1 aromatic heterocycles. The third-order valence-electron chi connectivity index (χ3n) is 4.15. The standard InChI is InChI=1S/C20H18ClF2N3O3S/c1-30(27,28)26-14-4-2-12(3-5-14)13-10-18(20(24)25-11-13)29-9-8-15-16(22)6-7-17(23)19(15)21/h2-7,10-11,26H,8-9H2,1H3,(H2,24,25). The van der Waals surface area contributed by atoms with Crippen LogP contribution in [0, 0.1) is 11.6 Å². The predicted molar refractivity (Wildman–Crippen MR) is 113 cm³/mol. The van der Waals surface area contributed by atoms with Gasteiger partial charge in [0.1, 0.15) is 11.6 Å². The van der Waals surface area contributed by atoms with E-state index in [1.54, 1.807) is 36.5 Å². The van der Waals surface area contributed by atoms with Crippen molar-refractivity contribution < 1.29 is 21.9 Å². The van der Waals surface area contributed by atoms with Crippen molar-refractivity contribution in [3.05, 3.63) is 70.9 Å². The molecule has 0 aliphatic rings. The SMILES string of the molecule is CS(=O)(=O)Nc1ccc(-c2cnc(N)c(OCCc3c(F)ccc(F)c3Cl)c2)cc1. The van der Waals surface area contributed by atoms with Gasteiger partial charge in [0, 0.05) is 29.4 Å². The summed E-state index contributed by atoms with van der Waals surface area (Å²) in [5, 5.41) is -0.277. The van der Waals surface area contributed by atoms with Gasteiger partial charge in [-0.05, 0) is 35.9 Å². The maximum absolute atomic E-state index is 13.9. The fourth-order valence-corrected chi connectivity index (χ4v) is 3.55. The number of hydrogen-bond donors (Lipinski definition) is 2. The number of rotatable bonds is 7. The lowest BCUT2D eigenvalue weighted by atomic mass is 10.1. The average Bonchev–Trinajstić information content (AvgIpc) is 2.68. The Hall–Kier alpha value is -2.91. The first-order chi connectivity index (χ1) is 14.1. The molecule has 3 rings (SSSR count). The van der Waals surface area contributed by atoms with Gasteiger partial charge in [0.2, 0.25) is 10.0 Å². The number of halogens is 3. The zero-order valence-corrected chi connectivity index (χ0v) is 17.4. The number of nitrogens with two attached hydrogens (primary N) is 1. The van der Waals surface area contributed by atoms with Crippen molar-refractivity contribution in [3.8, 4) is 16.9 Å². The second kappa shape index (κ2) is 8.85. The van der Waals surface area contributed by atoms with Crippen LogP contribution in [0.2, 0.25) is 5.02 Å². The number of pyridine rings is 1. The molecule has 0 aliphatic carbocycles. The minimum atomic E-state index is -3.37. The molecule has 0 saturated heterocycles. The number of benzene rings is 2. The van der Waals surface area contributed by atoms with Crippen molar-refractivity contribution in [3.63, 3.8) is 0 Å². The summed E-state index contributed by atoms with van der Waals surface area (Å²) >= 11 is 5.82. The van der Waals surface area contributed by atoms with Gasteiger partial charge in [-0.2, -0.15) is 0 Å². The van der Waals surface area contributed by atoms with Crippen LogP contribution in [0.4, 0.5) is 20.3 Å². The van der Waals surface area contributed by atoms with Gasteiger partial charge in [-0.1, -0.05) is 23.7 Å². The number of ether oxygens (including phenoxy) is 1. The number of nitrogens with one attached hydrogen (secondary N) is 1. The summed E-state index contributed by atoms with van der Waals surface area (Å²) in [6.45, 7) is 0.00659. The van der Waals surface area contributed by atoms with Gasteiger partial charge in [-0.25, -0.2) is 22.2 Å². The third-order valence-corrected chi connectivity index (χ3v) is 5.17. The van der Waals surface area contributed by atoms with E-state index in [0.717, 1.165) is 24.0 Å². The van der Waals surface area contributed by atoms with Crippen molar-refractivity contribution in [2.75, 3.05) is 23.3 Å². The van der Waals surface area contributed by atoms with Gasteiger partial charge < -0.3 is 10.5 Å². The highest BCUT2D eigenvalue weighted by Gasteiger charge is 2.13. The van der Waals surface area contributed by atoms with E-state index in [1.807, 2.05) is 0 Å². The normalized spacial score (nSPS) is 11.3. The first kappa shape index (κ1) is 21.8. The fraction of sp³-hybridized carbons (Fsp3) is 0.150. The molecule has 0 spiro atoms. The molecule has 3 N–H and O–H groups in total. The molecule has 10 heteroatoms. The molecule has 1 heterocycles. The minimum Gasteiger partial charge on any atom is -0.489 e. The second-order valence-electron chi connectivity index (χ2n) is 6.48. The monoisotopic (exact) mass is 453 g/mol. The molecule has 0 fully saturated rings. The molecule has 0 radical (unpaired) electrons. The van der Waals surface area contributed by atoms with Crippen molar-refractivity contribution in [2.24, 2.45) is 0 Å². The van der Waals surface area contributed by atoms with Crippen molar-refractivity contribution in [2.45, 2.75) is 6.42 Å². The number of hydrogen-bond acceptors (Lipinski definition) is 5. The topological polar surface area (TPSA) is 94.3 Å². The first-order valence-electron chi connectivity index (χ1n) is 8.73. The van der Waals surface area contributed by atoms with Crippen LogP contribution in [0.25, 0.3) is 11.1 Å². The van der Waals surface area contributed by atoms with Crippen molar-refractivity contribution in [1.82, 2.24) is 4.98 Å². The number of nitrogen functional groups attached to an aromatic ring is 1. The van der Waals surface area contributed by atoms with Crippen LogP contribution in [0.5, 0.6) is 5.75 Å². The van der Waals surface area contributed by atoms with Gasteiger partial charge in [-0.15, -0.1) is 0 Å². The molecule has 0 unspecified atom stereocenters. The molecule has 2 aromatic carbocycles. The number of anilines is 2. The highest BCUT2D eigenvalue weighted by atomic mass is 35.5. The Morgan fingerprint density at radius 1 is 1.10 bits per heavy atom. The lowest BCUT2D eigenvalue weighted by Crippen LogP contribution is -2.09. The zero-order valence-electron chi connectivity index (χ0n) is 15.8. The summed E-state index contributed by atoms with van der Waals surface area (Å²) < 4.78 is 58.0. The molecular weight excluding hydrogens is 436 g/mol. The molecule has 3 aromatic rings. The Bertz CT molecular complexity index is 1170. The predicted octanol–water partition coefficient (Wildman–Crippen LogP) is 4.26. The Morgan fingerprint density at radius 2 is 1.77 bits per heavy atom. The van der Waals surface area contributed by atoms with Gasteiger partial charge in [0.25, 0.3) is 0 Å². The molecule has 6 nitrogen and oxygen atoms in total. The minimum absolute atomic E-state index is 0.00659. The molecule has 0 bridgehead atoms. The summed E-state index contributed by atoms with van der Waals surface area (Å²) in [5.41, 5.74) is 7.73. The Kier molecular flexibility index (Phi) is 6.42. The van der Waals surface area contributed by atoms with E-state index >= 15 is 0 Å². The van der Waals surface area contributed by atoms with Gasteiger partial charge in [-0.3, -0.25) is 4.72 Å². The van der Waals surface area contributed by atoms with Crippen LogP contribution in [0.1, 0.15) is 5.56 Å². The van der Waals surface area contributed by atoms with E-state index in [0.29, 0.717) is 11.3 Å². The molecule has 0 amide bonds. The molecule has 158 valence electrons. The molecule has 30 heavy (non-hydrogen) atoms. The van der Waals surface area contributed by atoms with E-state index in [9.17, 15) is 17.2 Å². The van der Waals surface area contributed by atoms with E-state index < -0.39 is 21.7 Å². The average molecular weight is 454 g/mol. The summed E-state index contributed by atoms with van der Waals surface area (Å²) in [7, 11) is -3.37. The second-order valence-corrected chi connectivity index (χ2v) is 8.61. The molecule has 0 atom stereocenters. The fourth-order valence-electron chi connectivity index (χ4n) is 2.73. The van der Waals surface area contributed by atoms with Gasteiger partial charge in [0.15, 0.2) is 11.6 Å². The van der Waals surface area contributed by atoms with E-state index in [4.69, 9.17) is 22.1 Å². The number of nitrogens with zero attached hydrogens (tertiary/aromatic N) is 1. The van der Waals surface area contributed by atoms with Crippen LogP contribution < -0.4 is 15.2 Å². The largest absolute Gasteiger partial charge is 0.489 e. The van der Waals surface area contributed by atoms with Crippen LogP contribution >= 0.6 is 11.6 Å². The maximum atomic E-state index is 13.9. The van der Waals surface area contributed by atoms with E-state index in [2.05, 4.69) is 9.71 Å². The zero-order chi connectivity index (χ0) is 21.9.